The minimum absolute atomic E-state index is 0.00853. The number of hydrogen-bond acceptors (Lipinski definition) is 7. The molecule has 1 fully saturated rings. The van der Waals surface area contributed by atoms with E-state index in [-0.39, 0.29) is 30.2 Å². The number of likely N-dealkylation sites (tertiary alicyclic amines) is 1. The van der Waals surface area contributed by atoms with Gasteiger partial charge in [-0.15, -0.1) is 0 Å². The second-order valence-corrected chi connectivity index (χ2v) is 12.2. The van der Waals surface area contributed by atoms with Gasteiger partial charge in [0.2, 0.25) is 11.8 Å². The largest absolute Gasteiger partial charge is 0.493 e. The Balaban J connectivity index is 1.22. The molecule has 2 bridgehead atoms. The van der Waals surface area contributed by atoms with Crippen LogP contribution in [0.2, 0.25) is 0 Å². The van der Waals surface area contributed by atoms with Gasteiger partial charge in [0, 0.05) is 68.2 Å². The summed E-state index contributed by atoms with van der Waals surface area (Å²) in [4.78, 5) is 44.5. The summed E-state index contributed by atoms with van der Waals surface area (Å²) >= 11 is 0. The average molecular weight is 628 g/mol. The smallest absolute Gasteiger partial charge is 0.256 e. The van der Waals surface area contributed by atoms with Gasteiger partial charge in [-0.3, -0.25) is 14.4 Å². The van der Waals surface area contributed by atoms with E-state index < -0.39 is 5.92 Å². The molecule has 0 aliphatic carbocycles. The molecule has 2 aromatic heterocycles. The van der Waals surface area contributed by atoms with E-state index in [1.54, 1.807) is 16.9 Å². The Morgan fingerprint density at radius 3 is 2.65 bits per heavy atom. The van der Waals surface area contributed by atoms with Crippen LogP contribution in [0.15, 0.2) is 53.2 Å². The number of benzene rings is 2. The number of carbonyl (C=O) groups excluding carboxylic acids is 3. The zero-order valence-corrected chi connectivity index (χ0v) is 26.9. The van der Waals surface area contributed by atoms with Crippen molar-refractivity contribution in [2.24, 2.45) is 13.0 Å². The number of aryl methyl sites for hydroxylation is 3. The molecule has 2 aromatic carbocycles. The summed E-state index contributed by atoms with van der Waals surface area (Å²) in [6, 6.07) is 13.5. The Morgan fingerprint density at radius 2 is 1.87 bits per heavy atom. The lowest BCUT2D eigenvalue weighted by atomic mass is 9.88. The van der Waals surface area contributed by atoms with Gasteiger partial charge in [0.25, 0.3) is 5.91 Å². The van der Waals surface area contributed by atoms with E-state index in [2.05, 4.69) is 10.5 Å². The third-order valence-corrected chi connectivity index (χ3v) is 9.33. The fourth-order valence-electron chi connectivity index (χ4n) is 6.77. The van der Waals surface area contributed by atoms with Crippen molar-refractivity contribution >= 4 is 28.6 Å². The van der Waals surface area contributed by atoms with Gasteiger partial charge in [-0.2, -0.15) is 0 Å². The first kappa shape index (κ1) is 31.2. The first-order valence-electron chi connectivity index (χ1n) is 15.9. The van der Waals surface area contributed by atoms with Gasteiger partial charge in [-0.25, -0.2) is 0 Å². The highest BCUT2D eigenvalue weighted by Crippen LogP contribution is 2.38. The second kappa shape index (κ2) is 13.3. The van der Waals surface area contributed by atoms with Crippen molar-refractivity contribution in [1.29, 1.82) is 0 Å². The van der Waals surface area contributed by atoms with E-state index in [9.17, 15) is 14.4 Å². The van der Waals surface area contributed by atoms with Crippen molar-refractivity contribution in [1.82, 2.24) is 24.8 Å². The Kier molecular flexibility index (Phi) is 9.01. The summed E-state index contributed by atoms with van der Waals surface area (Å²) in [6.07, 6.45) is 3.29. The SMILES string of the molecule is COc1ccc2cc1OCCN(C(=O)c1cn(C)c3ccccc13)CCCNC(=O)[C@H]1CN(C(=O)CCc3c(C)noc3C)C[C@H]21. The van der Waals surface area contributed by atoms with Gasteiger partial charge in [0.05, 0.1) is 30.8 Å². The molecule has 2 atom stereocenters. The highest BCUT2D eigenvalue weighted by atomic mass is 16.5. The Morgan fingerprint density at radius 1 is 1.07 bits per heavy atom. The molecule has 4 heterocycles. The van der Waals surface area contributed by atoms with Gasteiger partial charge in [-0.1, -0.05) is 29.4 Å². The number of fused-ring (bicyclic) bond motifs is 5. The van der Waals surface area contributed by atoms with Gasteiger partial charge in [-0.05, 0) is 50.5 Å². The standard InChI is InChI=1S/C35H41N5O6/c1-22-25(23(2)46-37-22)11-13-33(41)40-20-27-24-10-12-31(44-4)32(18-24)45-17-16-39(15-7-14-36-34(42)28(27)21-40)35(43)29-19-38(3)30-9-6-5-8-26(29)30/h5-6,8-10,12,18-19,27-28H,7,11,13-17,20-21H2,1-4H3,(H,36,42)/t27-,28+/m1/s1. The molecule has 46 heavy (non-hydrogen) atoms. The molecule has 11 heteroatoms. The van der Waals surface area contributed by atoms with Gasteiger partial charge in [0.15, 0.2) is 11.5 Å². The minimum atomic E-state index is -0.430. The average Bonchev–Trinajstić information content (AvgIpc) is 3.75. The summed E-state index contributed by atoms with van der Waals surface area (Å²) < 4.78 is 19.1. The van der Waals surface area contributed by atoms with Crippen LogP contribution < -0.4 is 14.8 Å². The summed E-state index contributed by atoms with van der Waals surface area (Å²) in [5.41, 5.74) is 4.27. The molecule has 1 saturated heterocycles. The molecule has 3 amide bonds. The van der Waals surface area contributed by atoms with E-state index in [1.807, 2.05) is 74.1 Å². The summed E-state index contributed by atoms with van der Waals surface area (Å²) in [6.45, 7) is 5.97. The van der Waals surface area contributed by atoms with E-state index in [1.165, 1.54) is 0 Å². The summed E-state index contributed by atoms with van der Waals surface area (Å²) in [5, 5.41) is 8.00. The van der Waals surface area contributed by atoms with Crippen LogP contribution in [0.5, 0.6) is 11.5 Å². The minimum Gasteiger partial charge on any atom is -0.493 e. The number of rotatable bonds is 5. The molecule has 0 unspecified atom stereocenters. The van der Waals surface area contributed by atoms with Crippen LogP contribution in [0.25, 0.3) is 10.9 Å². The molecule has 2 aliphatic rings. The van der Waals surface area contributed by atoms with Crippen molar-refractivity contribution in [2.75, 3.05) is 46.4 Å². The fraction of sp³-hybridized carbons (Fsp3) is 0.429. The number of ether oxygens (including phenoxy) is 2. The predicted molar refractivity (Wildman–Crippen MR) is 172 cm³/mol. The lowest BCUT2D eigenvalue weighted by Crippen LogP contribution is -2.39. The van der Waals surface area contributed by atoms with Crippen LogP contribution in [0.4, 0.5) is 0 Å². The maximum absolute atomic E-state index is 13.8. The third kappa shape index (κ3) is 6.18. The second-order valence-electron chi connectivity index (χ2n) is 12.2. The molecule has 0 saturated carbocycles. The lowest BCUT2D eigenvalue weighted by Gasteiger charge is -2.25. The zero-order valence-electron chi connectivity index (χ0n) is 26.9. The quantitative estimate of drug-likeness (QED) is 0.355. The third-order valence-electron chi connectivity index (χ3n) is 9.33. The normalized spacial score (nSPS) is 18.9. The number of amides is 3. The highest BCUT2D eigenvalue weighted by Gasteiger charge is 2.40. The maximum atomic E-state index is 13.8. The maximum Gasteiger partial charge on any atom is 0.256 e. The fourth-order valence-corrected chi connectivity index (χ4v) is 6.77. The lowest BCUT2D eigenvalue weighted by molar-refractivity contribution is -0.130. The Bertz CT molecular complexity index is 1740. The molecular formula is C35H41N5O6. The summed E-state index contributed by atoms with van der Waals surface area (Å²) in [5.74, 6) is 0.998. The van der Waals surface area contributed by atoms with E-state index in [4.69, 9.17) is 14.0 Å². The molecule has 2 aliphatic heterocycles. The van der Waals surface area contributed by atoms with Gasteiger partial charge >= 0.3 is 0 Å². The van der Waals surface area contributed by atoms with Crippen molar-refractivity contribution in [3.63, 3.8) is 0 Å². The number of nitrogens with zero attached hydrogens (tertiary/aromatic N) is 4. The van der Waals surface area contributed by atoms with Crippen molar-refractivity contribution in [3.05, 3.63) is 76.8 Å². The molecular weight excluding hydrogens is 586 g/mol. The molecule has 4 aromatic rings. The summed E-state index contributed by atoms with van der Waals surface area (Å²) in [7, 11) is 3.52. The van der Waals surface area contributed by atoms with Crippen LogP contribution >= 0.6 is 0 Å². The van der Waals surface area contributed by atoms with E-state index >= 15 is 0 Å². The molecule has 0 radical (unpaired) electrons. The van der Waals surface area contributed by atoms with Gasteiger partial charge in [0.1, 0.15) is 12.4 Å². The number of carbonyl (C=O) groups is 3. The van der Waals surface area contributed by atoms with Crippen LogP contribution in [0.3, 0.4) is 0 Å². The van der Waals surface area contributed by atoms with Gasteiger partial charge < -0.3 is 33.7 Å². The van der Waals surface area contributed by atoms with Crippen molar-refractivity contribution in [2.45, 2.75) is 39.0 Å². The van der Waals surface area contributed by atoms with Crippen LogP contribution in [0, 0.1) is 19.8 Å². The molecule has 11 nitrogen and oxygen atoms in total. The Hall–Kier alpha value is -4.80. The first-order valence-corrected chi connectivity index (χ1v) is 15.9. The topological polar surface area (TPSA) is 119 Å². The number of methoxy groups -OCH3 is 1. The van der Waals surface area contributed by atoms with Crippen molar-refractivity contribution < 1.29 is 28.4 Å². The van der Waals surface area contributed by atoms with E-state index in [0.717, 1.165) is 33.5 Å². The monoisotopic (exact) mass is 627 g/mol. The molecule has 242 valence electrons. The van der Waals surface area contributed by atoms with Crippen molar-refractivity contribution in [3.8, 4) is 11.5 Å². The number of hydrogen-bond donors (Lipinski definition) is 1. The first-order chi connectivity index (χ1) is 22.2. The Labute approximate surface area is 268 Å². The zero-order chi connectivity index (χ0) is 32.4. The number of nitrogens with one attached hydrogen (secondary N) is 1. The van der Waals surface area contributed by atoms with Crippen LogP contribution in [-0.2, 0) is 23.1 Å². The number of para-hydroxylation sites is 1. The van der Waals surface area contributed by atoms with Crippen LogP contribution in [-0.4, -0.2) is 83.7 Å². The molecule has 0 spiro atoms. The predicted octanol–water partition coefficient (Wildman–Crippen LogP) is 4.01. The molecule has 1 N–H and O–H groups in total. The van der Waals surface area contributed by atoms with Crippen LogP contribution in [0.1, 0.15) is 51.7 Å². The van der Waals surface area contributed by atoms with E-state index in [0.29, 0.717) is 69.0 Å². The highest BCUT2D eigenvalue weighted by molar-refractivity contribution is 6.07. The molecule has 6 rings (SSSR count). The number of aromatic nitrogens is 2.